The van der Waals surface area contributed by atoms with Crippen LogP contribution in [0.5, 0.6) is 0 Å². The third kappa shape index (κ3) is 1270. The Labute approximate surface area is 56.9 Å². The Morgan fingerprint density at radius 1 is 1.30 bits per heavy atom. The van der Waals surface area contributed by atoms with Crippen molar-refractivity contribution in [3.63, 3.8) is 0 Å². The molecule has 0 aliphatic heterocycles. The summed E-state index contributed by atoms with van der Waals surface area (Å²) in [7, 11) is -5.14. The summed E-state index contributed by atoms with van der Waals surface area (Å²) in [5.41, 5.74) is 0. The van der Waals surface area contributed by atoms with E-state index in [4.69, 9.17) is 29.1 Å². The third-order valence-electron chi connectivity index (χ3n) is 0. The van der Waals surface area contributed by atoms with E-state index in [-0.39, 0.29) is 18.8 Å². The van der Waals surface area contributed by atoms with Crippen molar-refractivity contribution in [3.05, 3.63) is 0 Å². The van der Waals surface area contributed by atoms with Crippen LogP contribution < -0.4 is 22.1 Å². The molecular formula is CH11N2O6P. The topological polar surface area (TPSA) is 194 Å². The molecule has 0 unspecified atom stereocenters. The van der Waals surface area contributed by atoms with Gasteiger partial charge in [0.2, 0.25) is 0 Å². The first-order valence-corrected chi connectivity index (χ1v) is 2.74. The molecule has 0 aromatic rings. The number of hydrogen-bond acceptors (Lipinski definition) is 4. The summed E-state index contributed by atoms with van der Waals surface area (Å²) < 4.78 is 8.66. The zero-order chi connectivity index (χ0) is 7.21. The van der Waals surface area contributed by atoms with Gasteiger partial charge in [-0.25, -0.2) is 0 Å². The maximum absolute atomic E-state index is 8.66. The molecule has 0 aliphatic rings. The number of rotatable bonds is 0. The number of carboxylic acid groups (broad SMARTS) is 1. The molecule has 0 saturated heterocycles. The normalized spacial score (nSPS) is 7.10. The number of hydrogen-bond donors (Lipinski definition) is 4. The molecule has 10 N–H and O–H groups in total. The van der Waals surface area contributed by atoms with Crippen LogP contribution in [0.4, 0.5) is 0 Å². The Kier molecular flexibility index (Phi) is 25.7. The van der Waals surface area contributed by atoms with E-state index in [0.717, 1.165) is 0 Å². The molecule has 0 spiro atoms. The first-order chi connectivity index (χ1) is 3.41. The minimum atomic E-state index is -5.14. The second-order valence-electron chi connectivity index (χ2n) is 0.574. The van der Waals surface area contributed by atoms with Crippen molar-refractivity contribution in [2.45, 2.75) is 0 Å². The monoisotopic (exact) mass is 178 g/mol. The molecule has 66 valence electrons. The summed E-state index contributed by atoms with van der Waals surface area (Å²) in [6.07, 6.45) is 0. The summed E-state index contributed by atoms with van der Waals surface area (Å²) in [5.74, 6) is 0. The summed E-state index contributed by atoms with van der Waals surface area (Å²) in [6.45, 7) is -0.250. The van der Waals surface area contributed by atoms with E-state index < -0.39 is 7.82 Å². The second-order valence-corrected chi connectivity index (χ2v) is 1.51. The Balaban J connectivity index is -0.0000000326. The van der Waals surface area contributed by atoms with Crippen molar-refractivity contribution in [3.8, 4) is 0 Å². The van der Waals surface area contributed by atoms with Crippen LogP contribution in [0.3, 0.4) is 0 Å². The smallest absolute Gasteiger partial charge is 0.290 e. The van der Waals surface area contributed by atoms with Gasteiger partial charge in [0.25, 0.3) is 6.47 Å². The molecule has 10 heavy (non-hydrogen) atoms. The molecule has 0 amide bonds. The standard InChI is InChI=1S/CH2O2.2H3N.H3O4P/c2-1-3;;;1-5(2,3)4/h1H,(H,2,3);2*1H3;(H3,1,2,3,4). The molecule has 0 atom stereocenters. The Bertz CT molecular complexity index is 89.7. The van der Waals surface area contributed by atoms with Crippen LogP contribution in [-0.2, 0) is 9.36 Å². The molecule has 0 bridgehead atoms. The van der Waals surface area contributed by atoms with Crippen LogP contribution in [0, 0.1) is 0 Å². The van der Waals surface area contributed by atoms with E-state index in [1.54, 1.807) is 0 Å². The van der Waals surface area contributed by atoms with E-state index in [0.29, 0.717) is 0 Å². The van der Waals surface area contributed by atoms with Gasteiger partial charge in [0.1, 0.15) is 0 Å². The fraction of sp³-hybridized carbons (Fsp3) is 0. The fourth-order valence-electron chi connectivity index (χ4n) is 0. The maximum atomic E-state index is 8.66. The van der Waals surface area contributed by atoms with E-state index in [2.05, 4.69) is 0 Å². The van der Waals surface area contributed by atoms with Gasteiger partial charge < -0.3 is 36.7 Å². The lowest BCUT2D eigenvalue weighted by molar-refractivity contribution is -0.337. The lowest BCUT2D eigenvalue weighted by Gasteiger charge is -2.19. The van der Waals surface area contributed by atoms with Crippen molar-refractivity contribution >= 4 is 14.3 Å². The van der Waals surface area contributed by atoms with Gasteiger partial charge in [-0.2, -0.15) is 0 Å². The highest BCUT2D eigenvalue weighted by atomic mass is 31.2. The molecule has 0 fully saturated rings. The molecule has 0 aromatic heterocycles. The molecule has 8 nitrogen and oxygen atoms in total. The molecule has 0 heterocycles. The van der Waals surface area contributed by atoms with Gasteiger partial charge in [-0.1, -0.05) is 0 Å². The highest BCUT2D eigenvalue weighted by Gasteiger charge is 1.64. The largest absolute Gasteiger partial charge is 0.790 e. The Morgan fingerprint density at radius 3 is 1.30 bits per heavy atom. The molecule has 0 radical (unpaired) electrons. The number of quaternary nitrogens is 2. The fourth-order valence-corrected chi connectivity index (χ4v) is 0. The molecular weight excluding hydrogens is 167 g/mol. The predicted molar refractivity (Wildman–Crippen MR) is 30.5 cm³/mol. The van der Waals surface area contributed by atoms with Gasteiger partial charge in [0.05, 0.1) is 7.82 Å². The minimum Gasteiger partial charge on any atom is -0.790 e. The maximum Gasteiger partial charge on any atom is 0.290 e. The highest BCUT2D eigenvalue weighted by Crippen LogP contribution is 2.11. The minimum absolute atomic E-state index is 0. The summed E-state index contributed by atoms with van der Waals surface area (Å²) in [4.78, 5) is 32.6. The van der Waals surface area contributed by atoms with Gasteiger partial charge in [-0.05, 0) is 0 Å². The average Bonchev–Trinajstić information content (AvgIpc) is 1.27. The van der Waals surface area contributed by atoms with Crippen LogP contribution >= 0.6 is 7.82 Å². The van der Waals surface area contributed by atoms with Gasteiger partial charge in [0, 0.05) is 0 Å². The average molecular weight is 178 g/mol. The summed E-state index contributed by atoms with van der Waals surface area (Å²) >= 11 is 0. The summed E-state index contributed by atoms with van der Waals surface area (Å²) in [6, 6.07) is 0. The van der Waals surface area contributed by atoms with Gasteiger partial charge in [0.15, 0.2) is 0 Å². The van der Waals surface area contributed by atoms with Gasteiger partial charge in [-0.3, -0.25) is 4.79 Å². The van der Waals surface area contributed by atoms with E-state index in [1.807, 2.05) is 0 Å². The zero-order valence-corrected chi connectivity index (χ0v) is 6.45. The lowest BCUT2D eigenvalue weighted by Crippen LogP contribution is -2.11. The quantitative estimate of drug-likeness (QED) is 0.251. The van der Waals surface area contributed by atoms with Crippen molar-refractivity contribution in [1.82, 2.24) is 12.3 Å². The number of carbonyl (C=O) groups is 1. The van der Waals surface area contributed by atoms with Gasteiger partial charge >= 0.3 is 0 Å². The van der Waals surface area contributed by atoms with Crippen LogP contribution in [0.1, 0.15) is 0 Å². The SMILES string of the molecule is O=CO.O=P([O-])([O-])O.[NH4+].[NH4+]. The van der Waals surface area contributed by atoms with Gasteiger partial charge in [-0.15, -0.1) is 0 Å². The predicted octanol–water partition coefficient (Wildman–Crippen LogP) is -1.74. The highest BCUT2D eigenvalue weighted by molar-refractivity contribution is 7.42. The van der Waals surface area contributed by atoms with E-state index >= 15 is 0 Å². The van der Waals surface area contributed by atoms with Crippen molar-refractivity contribution in [1.29, 1.82) is 0 Å². The lowest BCUT2D eigenvalue weighted by atomic mass is 11.7. The Morgan fingerprint density at radius 2 is 1.30 bits per heavy atom. The van der Waals surface area contributed by atoms with Crippen molar-refractivity contribution in [2.75, 3.05) is 0 Å². The Hall–Kier alpha value is -0.500. The zero-order valence-electron chi connectivity index (χ0n) is 5.55. The first kappa shape index (κ1) is 22.7. The van der Waals surface area contributed by atoms with Crippen molar-refractivity contribution < 1.29 is 29.1 Å². The van der Waals surface area contributed by atoms with Crippen LogP contribution in [-0.4, -0.2) is 16.5 Å². The molecule has 0 aliphatic carbocycles. The molecule has 0 rings (SSSR count). The molecule has 9 heteroatoms. The number of phosphoric acid groups is 1. The third-order valence-corrected chi connectivity index (χ3v) is 0. The van der Waals surface area contributed by atoms with Crippen molar-refractivity contribution in [2.24, 2.45) is 0 Å². The van der Waals surface area contributed by atoms with Crippen LogP contribution in [0.25, 0.3) is 0 Å². The molecule has 0 aromatic carbocycles. The first-order valence-electron chi connectivity index (χ1n) is 1.24. The van der Waals surface area contributed by atoms with Crippen LogP contribution in [0.2, 0.25) is 0 Å². The second kappa shape index (κ2) is 11.3. The summed E-state index contributed by atoms with van der Waals surface area (Å²) in [5, 5.41) is 6.89. The molecule has 0 saturated carbocycles. The van der Waals surface area contributed by atoms with Crippen LogP contribution in [0.15, 0.2) is 0 Å². The van der Waals surface area contributed by atoms with E-state index in [9.17, 15) is 0 Å². The van der Waals surface area contributed by atoms with E-state index in [1.165, 1.54) is 0 Å².